The number of hydrogen-bond acceptors (Lipinski definition) is 3. The highest BCUT2D eigenvalue weighted by Crippen LogP contribution is 2.14. The lowest BCUT2D eigenvalue weighted by molar-refractivity contribution is -0.117. The predicted molar refractivity (Wildman–Crippen MR) is 83.8 cm³/mol. The molecule has 0 rings (SSSR count). The van der Waals surface area contributed by atoms with Gasteiger partial charge in [-0.25, -0.2) is 0 Å². The molecule has 120 valence electrons. The number of aliphatic hydroxyl groups excluding tert-OH is 2. The lowest BCUT2D eigenvalue weighted by Crippen LogP contribution is -2.13. The second kappa shape index (κ2) is 13.6. The molecule has 0 spiro atoms. The molecule has 3 heteroatoms. The summed E-state index contributed by atoms with van der Waals surface area (Å²) in [6, 6.07) is 0. The van der Waals surface area contributed by atoms with Gasteiger partial charge in [-0.1, -0.05) is 45.4 Å². The van der Waals surface area contributed by atoms with E-state index < -0.39 is 0 Å². The molecule has 0 saturated carbocycles. The Hall–Kier alpha value is -0.410. The quantitative estimate of drug-likeness (QED) is 0.475. The standard InChI is InChI=1S/C17H34O3/c1-3-4-11-16(19)13-14-17(20)12-9-7-5-6-8-10-15(2)18/h16-17,19-20H,3-14H2,1-2H3. The molecule has 0 fully saturated rings. The SMILES string of the molecule is CCCCC(O)CCC(O)CCCCCCCC(C)=O. The molecule has 2 N–H and O–H groups in total. The van der Waals surface area contributed by atoms with Gasteiger partial charge in [0.2, 0.25) is 0 Å². The third-order valence-corrected chi connectivity index (χ3v) is 3.79. The molecule has 0 aliphatic rings. The molecule has 0 aliphatic carbocycles. The second-order valence-electron chi connectivity index (χ2n) is 6.04. The van der Waals surface area contributed by atoms with Crippen LogP contribution in [0.2, 0.25) is 0 Å². The van der Waals surface area contributed by atoms with Gasteiger partial charge in [0.05, 0.1) is 12.2 Å². The maximum absolute atomic E-state index is 10.8. The van der Waals surface area contributed by atoms with E-state index in [2.05, 4.69) is 6.92 Å². The topological polar surface area (TPSA) is 57.5 Å². The van der Waals surface area contributed by atoms with Crippen LogP contribution in [0, 0.1) is 0 Å². The van der Waals surface area contributed by atoms with E-state index in [1.54, 1.807) is 6.92 Å². The fourth-order valence-electron chi connectivity index (χ4n) is 2.40. The average Bonchev–Trinajstić information content (AvgIpc) is 2.41. The zero-order valence-electron chi connectivity index (χ0n) is 13.4. The molecule has 0 aromatic heterocycles. The minimum absolute atomic E-state index is 0.240. The normalized spacial score (nSPS) is 14.2. The Bertz CT molecular complexity index is 228. The van der Waals surface area contributed by atoms with E-state index >= 15 is 0 Å². The lowest BCUT2D eigenvalue weighted by Gasteiger charge is -2.14. The Morgan fingerprint density at radius 2 is 1.30 bits per heavy atom. The number of carbonyl (C=O) groups is 1. The molecule has 0 saturated heterocycles. The molecule has 0 amide bonds. The van der Waals surface area contributed by atoms with Gasteiger partial charge in [0.1, 0.15) is 5.78 Å². The van der Waals surface area contributed by atoms with Gasteiger partial charge in [0.15, 0.2) is 0 Å². The van der Waals surface area contributed by atoms with E-state index in [9.17, 15) is 15.0 Å². The van der Waals surface area contributed by atoms with Gasteiger partial charge in [-0.05, 0) is 39.0 Å². The summed E-state index contributed by atoms with van der Waals surface area (Å²) in [5.41, 5.74) is 0. The number of unbranched alkanes of at least 4 members (excludes halogenated alkanes) is 5. The second-order valence-corrected chi connectivity index (χ2v) is 6.04. The molecule has 0 aliphatic heterocycles. The van der Waals surface area contributed by atoms with E-state index in [1.807, 2.05) is 0 Å². The Kier molecular flexibility index (Phi) is 13.3. The molecule has 0 aromatic carbocycles. The highest BCUT2D eigenvalue weighted by atomic mass is 16.3. The third-order valence-electron chi connectivity index (χ3n) is 3.79. The van der Waals surface area contributed by atoms with Crippen molar-refractivity contribution in [2.75, 3.05) is 0 Å². The molecule has 0 radical (unpaired) electrons. The summed E-state index contributed by atoms with van der Waals surface area (Å²) in [6.07, 6.45) is 11.0. The van der Waals surface area contributed by atoms with Crippen LogP contribution < -0.4 is 0 Å². The Morgan fingerprint density at radius 1 is 0.800 bits per heavy atom. The zero-order valence-corrected chi connectivity index (χ0v) is 13.4. The smallest absolute Gasteiger partial charge is 0.129 e. The third kappa shape index (κ3) is 14.0. The van der Waals surface area contributed by atoms with Crippen molar-refractivity contribution in [1.29, 1.82) is 0 Å². The van der Waals surface area contributed by atoms with Crippen molar-refractivity contribution in [2.24, 2.45) is 0 Å². The summed E-state index contributed by atoms with van der Waals surface area (Å²) in [5, 5.41) is 19.5. The van der Waals surface area contributed by atoms with Crippen LogP contribution in [-0.2, 0) is 4.79 Å². The summed E-state index contributed by atoms with van der Waals surface area (Å²) in [4.78, 5) is 10.8. The van der Waals surface area contributed by atoms with Crippen molar-refractivity contribution >= 4 is 5.78 Å². The van der Waals surface area contributed by atoms with Crippen molar-refractivity contribution in [3.63, 3.8) is 0 Å². The van der Waals surface area contributed by atoms with Gasteiger partial charge in [-0.15, -0.1) is 0 Å². The average molecular weight is 286 g/mol. The van der Waals surface area contributed by atoms with Gasteiger partial charge in [-0.3, -0.25) is 0 Å². The van der Waals surface area contributed by atoms with Gasteiger partial charge in [-0.2, -0.15) is 0 Å². The zero-order chi connectivity index (χ0) is 15.2. The Balaban J connectivity index is 3.31. The van der Waals surface area contributed by atoms with Crippen molar-refractivity contribution in [3.05, 3.63) is 0 Å². The summed E-state index contributed by atoms with van der Waals surface area (Å²) >= 11 is 0. The summed E-state index contributed by atoms with van der Waals surface area (Å²) in [5.74, 6) is 0.280. The Labute approximate surface area is 124 Å². The monoisotopic (exact) mass is 286 g/mol. The molecule has 0 bridgehead atoms. The van der Waals surface area contributed by atoms with Crippen LogP contribution in [0.25, 0.3) is 0 Å². The van der Waals surface area contributed by atoms with Crippen LogP contribution in [0.15, 0.2) is 0 Å². The maximum Gasteiger partial charge on any atom is 0.129 e. The van der Waals surface area contributed by atoms with Crippen molar-refractivity contribution in [3.8, 4) is 0 Å². The number of ketones is 1. The predicted octanol–water partition coefficient (Wildman–Crippen LogP) is 4.00. The molecule has 20 heavy (non-hydrogen) atoms. The molecular formula is C17H34O3. The van der Waals surface area contributed by atoms with Gasteiger partial charge < -0.3 is 15.0 Å². The van der Waals surface area contributed by atoms with Crippen molar-refractivity contribution in [2.45, 2.75) is 103 Å². The number of aliphatic hydroxyl groups is 2. The molecule has 2 atom stereocenters. The first-order chi connectivity index (χ1) is 9.56. The minimum atomic E-state index is -0.261. The molecule has 3 nitrogen and oxygen atoms in total. The molecule has 0 aromatic rings. The first-order valence-electron chi connectivity index (χ1n) is 8.41. The molecule has 2 unspecified atom stereocenters. The van der Waals surface area contributed by atoms with E-state index in [0.29, 0.717) is 6.42 Å². The van der Waals surface area contributed by atoms with Crippen LogP contribution in [0.5, 0.6) is 0 Å². The van der Waals surface area contributed by atoms with Crippen molar-refractivity contribution < 1.29 is 15.0 Å². The highest BCUT2D eigenvalue weighted by molar-refractivity contribution is 5.75. The minimum Gasteiger partial charge on any atom is -0.393 e. The number of hydrogen-bond donors (Lipinski definition) is 2. The van der Waals surface area contributed by atoms with Gasteiger partial charge in [0, 0.05) is 6.42 Å². The Morgan fingerprint density at radius 3 is 1.85 bits per heavy atom. The van der Waals surface area contributed by atoms with Gasteiger partial charge in [0.25, 0.3) is 0 Å². The maximum atomic E-state index is 10.8. The number of carbonyl (C=O) groups excluding carboxylic acids is 1. The summed E-state index contributed by atoms with van der Waals surface area (Å²) in [6.45, 7) is 3.77. The summed E-state index contributed by atoms with van der Waals surface area (Å²) < 4.78 is 0. The summed E-state index contributed by atoms with van der Waals surface area (Å²) in [7, 11) is 0. The molecule has 0 heterocycles. The highest BCUT2D eigenvalue weighted by Gasteiger charge is 2.08. The van der Waals surface area contributed by atoms with Crippen LogP contribution in [0.3, 0.4) is 0 Å². The largest absolute Gasteiger partial charge is 0.393 e. The van der Waals surface area contributed by atoms with E-state index in [0.717, 1.165) is 70.6 Å². The van der Waals surface area contributed by atoms with Crippen LogP contribution >= 0.6 is 0 Å². The first-order valence-corrected chi connectivity index (χ1v) is 8.41. The van der Waals surface area contributed by atoms with Gasteiger partial charge >= 0.3 is 0 Å². The lowest BCUT2D eigenvalue weighted by atomic mass is 10.0. The van der Waals surface area contributed by atoms with Crippen LogP contribution in [-0.4, -0.2) is 28.2 Å². The van der Waals surface area contributed by atoms with Crippen LogP contribution in [0.1, 0.15) is 90.9 Å². The first kappa shape index (κ1) is 19.6. The van der Waals surface area contributed by atoms with E-state index in [4.69, 9.17) is 0 Å². The number of rotatable bonds is 14. The van der Waals surface area contributed by atoms with E-state index in [1.165, 1.54) is 0 Å². The van der Waals surface area contributed by atoms with Crippen LogP contribution in [0.4, 0.5) is 0 Å². The fraction of sp³-hybridized carbons (Fsp3) is 0.941. The fourth-order valence-corrected chi connectivity index (χ4v) is 2.40. The van der Waals surface area contributed by atoms with E-state index in [-0.39, 0.29) is 18.0 Å². The molecular weight excluding hydrogens is 252 g/mol. The number of Topliss-reactive ketones (excluding diaryl/α,β-unsaturated/α-hetero) is 1. The van der Waals surface area contributed by atoms with Crippen molar-refractivity contribution in [1.82, 2.24) is 0 Å².